The van der Waals surface area contributed by atoms with Gasteiger partial charge >= 0.3 is 0 Å². The summed E-state index contributed by atoms with van der Waals surface area (Å²) in [7, 11) is 0. The smallest absolute Gasteiger partial charge is 0.262 e. The van der Waals surface area contributed by atoms with Gasteiger partial charge in [0.05, 0.1) is 23.6 Å². The highest BCUT2D eigenvalue weighted by atomic mass is 32.1. The molecule has 2 N–H and O–H groups in total. The molecule has 1 amide bonds. The number of hydrogen-bond acceptors (Lipinski definition) is 4. The highest BCUT2D eigenvalue weighted by Crippen LogP contribution is 2.15. The van der Waals surface area contributed by atoms with Gasteiger partial charge in [0.1, 0.15) is 5.82 Å². The molecule has 1 unspecified atom stereocenters. The summed E-state index contributed by atoms with van der Waals surface area (Å²) in [5.74, 6) is -0.617. The van der Waals surface area contributed by atoms with Crippen molar-refractivity contribution in [3.05, 3.63) is 74.5 Å². The molecule has 150 valence electrons. The summed E-state index contributed by atoms with van der Waals surface area (Å²) in [5, 5.41) is 3.25. The zero-order valence-corrected chi connectivity index (χ0v) is 16.4. The molecule has 1 atom stereocenters. The number of H-pyrrole nitrogens is 1. The molecule has 1 aliphatic heterocycles. The summed E-state index contributed by atoms with van der Waals surface area (Å²) in [6, 6.07) is 10.8. The number of fused-ring (bicyclic) bond motifs is 1. The number of hydrogen-bond donors (Lipinski definition) is 2. The topological polar surface area (TPSA) is 76.1 Å². The van der Waals surface area contributed by atoms with Crippen molar-refractivity contribution in [2.75, 3.05) is 6.61 Å². The minimum atomic E-state index is -0.324. The molecule has 0 aliphatic carbocycles. The van der Waals surface area contributed by atoms with Gasteiger partial charge in [-0.15, -0.1) is 0 Å². The second kappa shape index (κ2) is 8.26. The number of halogens is 1. The quantitative estimate of drug-likeness (QED) is 0.630. The lowest BCUT2D eigenvalue weighted by molar-refractivity contribution is 0.0950. The van der Waals surface area contributed by atoms with E-state index in [4.69, 9.17) is 17.0 Å². The molecule has 2 heterocycles. The molecular formula is C21H20FN3O3S. The van der Waals surface area contributed by atoms with E-state index in [9.17, 15) is 14.0 Å². The summed E-state index contributed by atoms with van der Waals surface area (Å²) in [5.41, 5.74) is 1.51. The molecule has 29 heavy (non-hydrogen) atoms. The Kier molecular flexibility index (Phi) is 5.55. The highest BCUT2D eigenvalue weighted by Gasteiger charge is 2.18. The summed E-state index contributed by atoms with van der Waals surface area (Å²) in [6.45, 7) is 1.40. The average molecular weight is 413 g/mol. The Labute approximate surface area is 171 Å². The molecule has 1 fully saturated rings. The lowest BCUT2D eigenvalue weighted by atomic mass is 10.1. The van der Waals surface area contributed by atoms with Crippen molar-refractivity contribution in [2.24, 2.45) is 0 Å². The number of rotatable bonds is 5. The number of nitrogens with zero attached hydrogens (tertiary/aromatic N) is 1. The Balaban J connectivity index is 1.55. The van der Waals surface area contributed by atoms with E-state index in [1.54, 1.807) is 30.3 Å². The van der Waals surface area contributed by atoms with Crippen LogP contribution in [0.5, 0.6) is 0 Å². The zero-order chi connectivity index (χ0) is 20.4. The second-order valence-corrected chi connectivity index (χ2v) is 7.44. The number of amides is 1. The van der Waals surface area contributed by atoms with E-state index in [-0.39, 0.29) is 29.9 Å². The third-order valence-electron chi connectivity index (χ3n) is 5.02. The maximum atomic E-state index is 13.0. The summed E-state index contributed by atoms with van der Waals surface area (Å²) in [6.07, 6.45) is 1.89. The first kappa shape index (κ1) is 19.5. The Morgan fingerprint density at radius 1 is 1.28 bits per heavy atom. The monoisotopic (exact) mass is 413 g/mol. The molecule has 2 aromatic carbocycles. The third kappa shape index (κ3) is 4.28. The third-order valence-corrected chi connectivity index (χ3v) is 5.34. The summed E-state index contributed by atoms with van der Waals surface area (Å²) >= 11 is 5.36. The number of carbonyl (C=O) groups excluding carboxylic acids is 1. The van der Waals surface area contributed by atoms with Crippen LogP contribution >= 0.6 is 12.2 Å². The number of ether oxygens (including phenoxy) is 1. The van der Waals surface area contributed by atoms with Crippen LogP contribution in [0.2, 0.25) is 0 Å². The van der Waals surface area contributed by atoms with Crippen LogP contribution in [0.1, 0.15) is 28.8 Å². The minimum absolute atomic E-state index is 0.00300. The van der Waals surface area contributed by atoms with E-state index < -0.39 is 0 Å². The van der Waals surface area contributed by atoms with Crippen molar-refractivity contribution >= 4 is 29.0 Å². The molecule has 1 aromatic heterocycles. The molecule has 3 aromatic rings. The van der Waals surface area contributed by atoms with Gasteiger partial charge in [0.15, 0.2) is 4.77 Å². The SMILES string of the molecule is O=C(NCc1ccc(F)cc1)c1ccc2c(=O)n(CC3CCCO3)c(=S)[nH]c2c1. The fraction of sp³-hybridized carbons (Fsp3) is 0.286. The fourth-order valence-corrected chi connectivity index (χ4v) is 3.71. The van der Waals surface area contributed by atoms with Crippen molar-refractivity contribution in [3.63, 3.8) is 0 Å². The number of nitrogens with one attached hydrogen (secondary N) is 2. The molecule has 4 rings (SSSR count). The van der Waals surface area contributed by atoms with E-state index in [0.29, 0.717) is 34.4 Å². The van der Waals surface area contributed by atoms with Crippen LogP contribution in [-0.2, 0) is 17.8 Å². The molecule has 0 spiro atoms. The average Bonchev–Trinajstić information content (AvgIpc) is 3.23. The summed E-state index contributed by atoms with van der Waals surface area (Å²) in [4.78, 5) is 28.4. The van der Waals surface area contributed by atoms with Gasteiger partial charge in [-0.05, 0) is 61.0 Å². The first-order valence-electron chi connectivity index (χ1n) is 9.42. The van der Waals surface area contributed by atoms with Gasteiger partial charge in [0.2, 0.25) is 0 Å². The van der Waals surface area contributed by atoms with Crippen LogP contribution in [0, 0.1) is 10.6 Å². The van der Waals surface area contributed by atoms with Crippen LogP contribution in [0.15, 0.2) is 47.3 Å². The highest BCUT2D eigenvalue weighted by molar-refractivity contribution is 7.71. The maximum absolute atomic E-state index is 13.0. The molecule has 1 saturated heterocycles. The predicted molar refractivity (Wildman–Crippen MR) is 110 cm³/mol. The Hall–Kier alpha value is -2.84. The van der Waals surface area contributed by atoms with E-state index in [2.05, 4.69) is 10.3 Å². The standard InChI is InChI=1S/C21H20FN3O3S/c22-15-6-3-13(4-7-15)11-23-19(26)14-5-8-17-18(10-14)24-21(29)25(20(17)27)12-16-2-1-9-28-16/h3-8,10,16H,1-2,9,11-12H2,(H,23,26)(H,24,29). The molecule has 8 heteroatoms. The van der Waals surface area contributed by atoms with Crippen molar-refractivity contribution in [3.8, 4) is 0 Å². The lowest BCUT2D eigenvalue weighted by Gasteiger charge is -2.13. The van der Waals surface area contributed by atoms with Gasteiger partial charge in [-0.3, -0.25) is 14.2 Å². The number of benzene rings is 2. The van der Waals surface area contributed by atoms with Crippen molar-refractivity contribution < 1.29 is 13.9 Å². The minimum Gasteiger partial charge on any atom is -0.376 e. The molecule has 1 aliphatic rings. The predicted octanol–water partition coefficient (Wildman–Crippen LogP) is 3.31. The van der Waals surface area contributed by atoms with Gasteiger partial charge in [-0.2, -0.15) is 0 Å². The first-order chi connectivity index (χ1) is 14.0. The van der Waals surface area contributed by atoms with Gasteiger partial charge < -0.3 is 15.0 Å². The van der Waals surface area contributed by atoms with Gasteiger partial charge in [0, 0.05) is 18.7 Å². The van der Waals surface area contributed by atoms with Gasteiger partial charge in [-0.1, -0.05) is 12.1 Å². The molecular weight excluding hydrogens is 393 g/mol. The number of carbonyl (C=O) groups is 1. The zero-order valence-electron chi connectivity index (χ0n) is 15.6. The first-order valence-corrected chi connectivity index (χ1v) is 9.83. The largest absolute Gasteiger partial charge is 0.376 e. The van der Waals surface area contributed by atoms with E-state index in [0.717, 1.165) is 18.4 Å². The second-order valence-electron chi connectivity index (χ2n) is 7.05. The van der Waals surface area contributed by atoms with E-state index in [1.165, 1.54) is 16.7 Å². The Morgan fingerprint density at radius 3 is 2.79 bits per heavy atom. The van der Waals surface area contributed by atoms with Gasteiger partial charge in [-0.25, -0.2) is 4.39 Å². The van der Waals surface area contributed by atoms with Gasteiger partial charge in [0.25, 0.3) is 11.5 Å². The molecule has 0 bridgehead atoms. The van der Waals surface area contributed by atoms with Crippen LogP contribution < -0.4 is 10.9 Å². The lowest BCUT2D eigenvalue weighted by Crippen LogP contribution is -2.28. The van der Waals surface area contributed by atoms with Crippen LogP contribution in [-0.4, -0.2) is 28.2 Å². The maximum Gasteiger partial charge on any atom is 0.262 e. The van der Waals surface area contributed by atoms with Crippen molar-refractivity contribution in [2.45, 2.75) is 32.0 Å². The van der Waals surface area contributed by atoms with Crippen LogP contribution in [0.4, 0.5) is 4.39 Å². The molecule has 0 radical (unpaired) electrons. The van der Waals surface area contributed by atoms with E-state index >= 15 is 0 Å². The molecule has 6 nitrogen and oxygen atoms in total. The molecule has 0 saturated carbocycles. The summed E-state index contributed by atoms with van der Waals surface area (Å²) < 4.78 is 20.4. The fourth-order valence-electron chi connectivity index (χ4n) is 3.44. The van der Waals surface area contributed by atoms with Crippen molar-refractivity contribution in [1.29, 1.82) is 0 Å². The Bertz CT molecular complexity index is 1160. The Morgan fingerprint density at radius 2 is 2.07 bits per heavy atom. The number of aromatic nitrogens is 2. The van der Waals surface area contributed by atoms with Crippen LogP contribution in [0.25, 0.3) is 10.9 Å². The van der Waals surface area contributed by atoms with Crippen LogP contribution in [0.3, 0.4) is 0 Å². The van der Waals surface area contributed by atoms with Crippen molar-refractivity contribution in [1.82, 2.24) is 14.9 Å². The normalized spacial score (nSPS) is 16.2. The van der Waals surface area contributed by atoms with E-state index in [1.807, 2.05) is 0 Å². The number of aromatic amines is 1.